The van der Waals surface area contributed by atoms with E-state index in [0.717, 1.165) is 45.6 Å². The third kappa shape index (κ3) is 5.04. The standard InChI is InChI=1S/C15H31N3O2/c1-4-17(5-2)15(19)10-14(11-16)18-8-6-13(7-9-18)12-20-3/h13-14H,4-12,16H2,1-3H3. The van der Waals surface area contributed by atoms with E-state index < -0.39 is 0 Å². The van der Waals surface area contributed by atoms with Gasteiger partial charge in [0.1, 0.15) is 0 Å². The zero-order valence-corrected chi connectivity index (χ0v) is 13.3. The van der Waals surface area contributed by atoms with Crippen LogP contribution in [0.2, 0.25) is 0 Å². The maximum atomic E-state index is 12.2. The number of carbonyl (C=O) groups excluding carboxylic acids is 1. The van der Waals surface area contributed by atoms with Crippen LogP contribution in [0.1, 0.15) is 33.1 Å². The molecule has 1 saturated heterocycles. The maximum absolute atomic E-state index is 12.2. The molecule has 0 aromatic rings. The molecule has 1 unspecified atom stereocenters. The summed E-state index contributed by atoms with van der Waals surface area (Å²) < 4.78 is 5.22. The van der Waals surface area contributed by atoms with Crippen molar-refractivity contribution < 1.29 is 9.53 Å². The van der Waals surface area contributed by atoms with E-state index in [4.69, 9.17) is 10.5 Å². The van der Waals surface area contributed by atoms with Gasteiger partial charge in [-0.3, -0.25) is 9.69 Å². The predicted molar refractivity (Wildman–Crippen MR) is 81.6 cm³/mol. The Kier molecular flexibility index (Phi) is 8.11. The number of piperidine rings is 1. The lowest BCUT2D eigenvalue weighted by atomic mass is 9.96. The molecule has 1 amide bonds. The number of nitrogens with zero attached hydrogens (tertiary/aromatic N) is 2. The van der Waals surface area contributed by atoms with Crippen molar-refractivity contribution in [1.82, 2.24) is 9.80 Å². The molecule has 0 spiro atoms. The monoisotopic (exact) mass is 285 g/mol. The van der Waals surface area contributed by atoms with Crippen molar-refractivity contribution in [3.63, 3.8) is 0 Å². The van der Waals surface area contributed by atoms with Gasteiger partial charge in [0.25, 0.3) is 0 Å². The average molecular weight is 285 g/mol. The van der Waals surface area contributed by atoms with E-state index >= 15 is 0 Å². The van der Waals surface area contributed by atoms with Crippen molar-refractivity contribution in [3.05, 3.63) is 0 Å². The highest BCUT2D eigenvalue weighted by atomic mass is 16.5. The average Bonchev–Trinajstić information content (AvgIpc) is 2.47. The molecule has 0 bridgehead atoms. The van der Waals surface area contributed by atoms with Gasteiger partial charge in [0.05, 0.1) is 0 Å². The summed E-state index contributed by atoms with van der Waals surface area (Å²) in [6.45, 7) is 9.07. The molecule has 0 saturated carbocycles. The minimum absolute atomic E-state index is 0.187. The van der Waals surface area contributed by atoms with E-state index in [-0.39, 0.29) is 11.9 Å². The number of hydrogen-bond acceptors (Lipinski definition) is 4. The van der Waals surface area contributed by atoms with E-state index in [1.165, 1.54) is 0 Å². The van der Waals surface area contributed by atoms with Crippen LogP contribution in [0, 0.1) is 5.92 Å². The van der Waals surface area contributed by atoms with Gasteiger partial charge in [0.15, 0.2) is 0 Å². The van der Waals surface area contributed by atoms with Crippen LogP contribution in [0.3, 0.4) is 0 Å². The van der Waals surface area contributed by atoms with Crippen molar-refractivity contribution in [2.75, 3.05) is 46.4 Å². The molecule has 1 fully saturated rings. The number of likely N-dealkylation sites (tertiary alicyclic amines) is 1. The van der Waals surface area contributed by atoms with Gasteiger partial charge >= 0.3 is 0 Å². The summed E-state index contributed by atoms with van der Waals surface area (Å²) >= 11 is 0. The van der Waals surface area contributed by atoms with Crippen LogP contribution in [0.25, 0.3) is 0 Å². The molecule has 0 aliphatic carbocycles. The summed E-state index contributed by atoms with van der Waals surface area (Å²) in [4.78, 5) is 16.5. The highest BCUT2D eigenvalue weighted by molar-refractivity contribution is 5.76. The first-order chi connectivity index (χ1) is 9.65. The van der Waals surface area contributed by atoms with Gasteiger partial charge in [-0.25, -0.2) is 0 Å². The van der Waals surface area contributed by atoms with Gasteiger partial charge in [-0.1, -0.05) is 0 Å². The molecule has 1 aliphatic heterocycles. The van der Waals surface area contributed by atoms with Crippen LogP contribution in [0.5, 0.6) is 0 Å². The van der Waals surface area contributed by atoms with Gasteiger partial charge in [0.2, 0.25) is 5.91 Å². The summed E-state index contributed by atoms with van der Waals surface area (Å²) in [5.74, 6) is 0.887. The fourth-order valence-electron chi connectivity index (χ4n) is 2.99. The largest absolute Gasteiger partial charge is 0.384 e. The van der Waals surface area contributed by atoms with Crippen molar-refractivity contribution in [3.8, 4) is 0 Å². The first-order valence-electron chi connectivity index (χ1n) is 7.87. The smallest absolute Gasteiger partial charge is 0.224 e. The molecule has 5 nitrogen and oxygen atoms in total. The second-order valence-corrected chi connectivity index (χ2v) is 5.59. The zero-order chi connectivity index (χ0) is 15.0. The Morgan fingerprint density at radius 1 is 1.35 bits per heavy atom. The fraction of sp³-hybridized carbons (Fsp3) is 0.933. The first kappa shape index (κ1) is 17.4. The molecule has 118 valence electrons. The number of rotatable bonds is 8. The van der Waals surface area contributed by atoms with Gasteiger partial charge in [-0.2, -0.15) is 0 Å². The number of hydrogen-bond donors (Lipinski definition) is 1. The quantitative estimate of drug-likeness (QED) is 0.721. The lowest BCUT2D eigenvalue weighted by Crippen LogP contribution is -2.48. The molecule has 20 heavy (non-hydrogen) atoms. The summed E-state index contributed by atoms with van der Waals surface area (Å²) in [7, 11) is 1.76. The molecule has 1 heterocycles. The molecule has 0 aromatic carbocycles. The van der Waals surface area contributed by atoms with Crippen LogP contribution in [0.15, 0.2) is 0 Å². The summed E-state index contributed by atoms with van der Waals surface area (Å²) in [5, 5.41) is 0. The second-order valence-electron chi connectivity index (χ2n) is 5.59. The highest BCUT2D eigenvalue weighted by Crippen LogP contribution is 2.20. The molecular weight excluding hydrogens is 254 g/mol. The minimum atomic E-state index is 0.187. The number of amides is 1. The maximum Gasteiger partial charge on any atom is 0.224 e. The lowest BCUT2D eigenvalue weighted by molar-refractivity contribution is -0.132. The molecule has 2 N–H and O–H groups in total. The Morgan fingerprint density at radius 2 is 1.95 bits per heavy atom. The van der Waals surface area contributed by atoms with Crippen LogP contribution >= 0.6 is 0 Å². The van der Waals surface area contributed by atoms with E-state index in [2.05, 4.69) is 4.90 Å². The third-order valence-electron chi connectivity index (χ3n) is 4.37. The highest BCUT2D eigenvalue weighted by Gasteiger charge is 2.26. The number of carbonyl (C=O) groups is 1. The van der Waals surface area contributed by atoms with E-state index in [1.54, 1.807) is 7.11 Å². The predicted octanol–water partition coefficient (Wildman–Crippen LogP) is 0.931. The van der Waals surface area contributed by atoms with Crippen LogP contribution in [0.4, 0.5) is 0 Å². The molecule has 0 radical (unpaired) electrons. The van der Waals surface area contributed by atoms with Gasteiger partial charge in [-0.15, -0.1) is 0 Å². The molecular formula is C15H31N3O2. The normalized spacial score (nSPS) is 19.0. The Balaban J connectivity index is 2.45. The van der Waals surface area contributed by atoms with Gasteiger partial charge < -0.3 is 15.4 Å². The number of ether oxygens (including phenoxy) is 1. The summed E-state index contributed by atoms with van der Waals surface area (Å²) in [6, 6.07) is 0.187. The molecule has 5 heteroatoms. The van der Waals surface area contributed by atoms with Gasteiger partial charge in [0, 0.05) is 45.8 Å². The SMILES string of the molecule is CCN(CC)C(=O)CC(CN)N1CCC(COC)CC1. The lowest BCUT2D eigenvalue weighted by Gasteiger charge is -2.37. The van der Waals surface area contributed by atoms with Crippen LogP contribution in [-0.4, -0.2) is 68.2 Å². The van der Waals surface area contributed by atoms with Crippen molar-refractivity contribution in [2.24, 2.45) is 11.7 Å². The molecule has 1 rings (SSSR count). The zero-order valence-electron chi connectivity index (χ0n) is 13.3. The van der Waals surface area contributed by atoms with Crippen LogP contribution < -0.4 is 5.73 Å². The van der Waals surface area contributed by atoms with Crippen LogP contribution in [-0.2, 0) is 9.53 Å². The van der Waals surface area contributed by atoms with Crippen molar-refractivity contribution in [2.45, 2.75) is 39.2 Å². The molecule has 0 aromatic heterocycles. The third-order valence-corrected chi connectivity index (χ3v) is 4.37. The summed E-state index contributed by atoms with van der Waals surface area (Å²) in [6.07, 6.45) is 2.83. The molecule has 1 aliphatic rings. The number of nitrogens with two attached hydrogens (primary N) is 1. The Morgan fingerprint density at radius 3 is 2.40 bits per heavy atom. The molecule has 1 atom stereocenters. The van der Waals surface area contributed by atoms with Crippen molar-refractivity contribution in [1.29, 1.82) is 0 Å². The fourth-order valence-corrected chi connectivity index (χ4v) is 2.99. The van der Waals surface area contributed by atoms with E-state index in [1.807, 2.05) is 18.7 Å². The Bertz CT molecular complexity index is 274. The number of methoxy groups -OCH3 is 1. The minimum Gasteiger partial charge on any atom is -0.384 e. The second kappa shape index (κ2) is 9.32. The topological polar surface area (TPSA) is 58.8 Å². The van der Waals surface area contributed by atoms with E-state index in [9.17, 15) is 4.79 Å². The Hall–Kier alpha value is -0.650. The first-order valence-corrected chi connectivity index (χ1v) is 7.87. The van der Waals surface area contributed by atoms with Gasteiger partial charge in [-0.05, 0) is 45.7 Å². The van der Waals surface area contributed by atoms with E-state index in [0.29, 0.717) is 18.9 Å². The summed E-state index contributed by atoms with van der Waals surface area (Å²) in [5.41, 5.74) is 5.89. The van der Waals surface area contributed by atoms with Crippen molar-refractivity contribution >= 4 is 5.91 Å². The Labute approximate surface area is 123 Å².